The summed E-state index contributed by atoms with van der Waals surface area (Å²) in [6.45, 7) is 8.94. The molecule has 27 heavy (non-hydrogen) atoms. The number of piperidine rings is 1. The second kappa shape index (κ2) is 9.90. The quantitative estimate of drug-likeness (QED) is 0.792. The Morgan fingerprint density at radius 1 is 1.30 bits per heavy atom. The van der Waals surface area contributed by atoms with E-state index in [0.717, 1.165) is 35.7 Å². The summed E-state index contributed by atoms with van der Waals surface area (Å²) in [6, 6.07) is 10.2. The smallest absolute Gasteiger partial charge is 0.220 e. The van der Waals surface area contributed by atoms with Crippen LogP contribution in [0.4, 0.5) is 0 Å². The first-order valence-electron chi connectivity index (χ1n) is 9.63. The Labute approximate surface area is 168 Å². The molecule has 1 saturated heterocycles. The number of benzene rings is 1. The van der Waals surface area contributed by atoms with Crippen molar-refractivity contribution in [1.82, 2.24) is 20.4 Å². The summed E-state index contributed by atoms with van der Waals surface area (Å²) in [7, 11) is 0. The zero-order valence-corrected chi connectivity index (χ0v) is 17.3. The Bertz CT molecular complexity index is 752. The van der Waals surface area contributed by atoms with Crippen LogP contribution >= 0.6 is 12.4 Å². The highest BCUT2D eigenvalue weighted by Gasteiger charge is 2.22. The van der Waals surface area contributed by atoms with Crippen LogP contribution in [0.1, 0.15) is 43.1 Å². The van der Waals surface area contributed by atoms with Gasteiger partial charge in [0.1, 0.15) is 0 Å². The Morgan fingerprint density at radius 3 is 2.67 bits per heavy atom. The van der Waals surface area contributed by atoms with E-state index in [1.165, 1.54) is 12.8 Å². The van der Waals surface area contributed by atoms with Gasteiger partial charge in [0.05, 0.1) is 11.4 Å². The number of aryl methyl sites for hydroxylation is 2. The molecule has 0 bridgehead atoms. The largest absolute Gasteiger partial charge is 0.352 e. The summed E-state index contributed by atoms with van der Waals surface area (Å²) in [5.74, 6) is 1.23. The molecule has 1 aliphatic rings. The molecule has 1 aliphatic heterocycles. The molecule has 0 aliphatic carbocycles. The van der Waals surface area contributed by atoms with Crippen LogP contribution in [0.5, 0.6) is 0 Å². The lowest BCUT2D eigenvalue weighted by atomic mass is 9.84. The number of hydrogen-bond donors (Lipinski definition) is 2. The van der Waals surface area contributed by atoms with E-state index in [0.29, 0.717) is 24.8 Å². The molecule has 1 unspecified atom stereocenters. The van der Waals surface area contributed by atoms with Crippen molar-refractivity contribution in [1.29, 1.82) is 0 Å². The lowest BCUT2D eigenvalue weighted by Gasteiger charge is -2.27. The third kappa shape index (κ3) is 5.56. The van der Waals surface area contributed by atoms with Crippen LogP contribution in [0.3, 0.4) is 0 Å². The average molecular weight is 391 g/mol. The highest BCUT2D eigenvalue weighted by molar-refractivity contribution is 5.85. The van der Waals surface area contributed by atoms with Crippen molar-refractivity contribution < 1.29 is 4.79 Å². The summed E-state index contributed by atoms with van der Waals surface area (Å²) >= 11 is 0. The molecule has 1 aromatic heterocycles. The molecule has 0 radical (unpaired) electrons. The molecule has 2 N–H and O–H groups in total. The summed E-state index contributed by atoms with van der Waals surface area (Å²) in [4.78, 5) is 12.4. The number of carbonyl (C=O) groups excluding carboxylic acids is 1. The standard InChI is InChI=1S/C21H30N4O.ClH/c1-15(18-8-10-22-11-9-18)12-21(26)23-14-19-6-4-5-7-20(19)25-17(3)13-16(2)24-25;/h4-7,13,15,18,22H,8-12,14H2,1-3H3,(H,23,26);1H. The third-order valence-electron chi connectivity index (χ3n) is 5.40. The SMILES string of the molecule is Cc1cc(C)n(-c2ccccc2CNC(=O)CC(C)C2CCNCC2)n1.Cl. The van der Waals surface area contributed by atoms with Gasteiger partial charge in [-0.15, -0.1) is 12.4 Å². The third-order valence-corrected chi connectivity index (χ3v) is 5.40. The summed E-state index contributed by atoms with van der Waals surface area (Å²) in [5, 5.41) is 11.1. The zero-order valence-electron chi connectivity index (χ0n) is 16.5. The lowest BCUT2D eigenvalue weighted by molar-refractivity contribution is -0.122. The van der Waals surface area contributed by atoms with E-state index in [2.05, 4.69) is 47.8 Å². The van der Waals surface area contributed by atoms with Crippen molar-refractivity contribution in [2.45, 2.75) is 46.6 Å². The van der Waals surface area contributed by atoms with Gasteiger partial charge < -0.3 is 10.6 Å². The van der Waals surface area contributed by atoms with Crippen molar-refractivity contribution in [3.63, 3.8) is 0 Å². The molecule has 1 amide bonds. The van der Waals surface area contributed by atoms with E-state index >= 15 is 0 Å². The van der Waals surface area contributed by atoms with E-state index in [9.17, 15) is 4.79 Å². The predicted octanol–water partition coefficient (Wildman–Crippen LogP) is 3.55. The number of aromatic nitrogens is 2. The molecule has 148 valence electrons. The fourth-order valence-electron chi connectivity index (χ4n) is 3.88. The Hall–Kier alpha value is -1.85. The normalized spacial score (nSPS) is 15.8. The highest BCUT2D eigenvalue weighted by Crippen LogP contribution is 2.24. The highest BCUT2D eigenvalue weighted by atomic mass is 35.5. The molecule has 5 nitrogen and oxygen atoms in total. The number of amides is 1. The molecule has 1 atom stereocenters. The van der Waals surface area contributed by atoms with Crippen LogP contribution in [0.2, 0.25) is 0 Å². The van der Waals surface area contributed by atoms with Gasteiger partial charge in [0, 0.05) is 18.7 Å². The molecule has 6 heteroatoms. The molecule has 0 spiro atoms. The Kier molecular flexibility index (Phi) is 7.87. The summed E-state index contributed by atoms with van der Waals surface area (Å²) in [5.41, 5.74) is 4.21. The average Bonchev–Trinajstić information content (AvgIpc) is 2.99. The van der Waals surface area contributed by atoms with Gasteiger partial charge in [-0.2, -0.15) is 5.10 Å². The van der Waals surface area contributed by atoms with Crippen molar-refractivity contribution in [3.05, 3.63) is 47.3 Å². The number of carbonyl (C=O) groups is 1. The van der Waals surface area contributed by atoms with Gasteiger partial charge in [0.2, 0.25) is 5.91 Å². The number of hydrogen-bond acceptors (Lipinski definition) is 3. The summed E-state index contributed by atoms with van der Waals surface area (Å²) in [6.07, 6.45) is 2.96. The molecular formula is C21H31ClN4O. The van der Waals surface area contributed by atoms with Crippen molar-refractivity contribution >= 4 is 18.3 Å². The van der Waals surface area contributed by atoms with Gasteiger partial charge in [-0.05, 0) is 69.3 Å². The second-order valence-corrected chi connectivity index (χ2v) is 7.51. The van der Waals surface area contributed by atoms with Gasteiger partial charge in [0.15, 0.2) is 0 Å². The Balaban J connectivity index is 0.00000261. The minimum atomic E-state index is 0. The molecule has 1 fully saturated rings. The number of nitrogens with zero attached hydrogens (tertiary/aromatic N) is 2. The fourth-order valence-corrected chi connectivity index (χ4v) is 3.88. The van der Waals surface area contributed by atoms with Gasteiger partial charge in [-0.3, -0.25) is 4.79 Å². The number of rotatable bonds is 6. The minimum absolute atomic E-state index is 0. The molecule has 1 aromatic carbocycles. The van der Waals surface area contributed by atoms with E-state index in [-0.39, 0.29) is 18.3 Å². The maximum Gasteiger partial charge on any atom is 0.220 e. The topological polar surface area (TPSA) is 59.0 Å². The fraction of sp³-hybridized carbons (Fsp3) is 0.524. The van der Waals surface area contributed by atoms with Gasteiger partial charge in [-0.25, -0.2) is 4.68 Å². The van der Waals surface area contributed by atoms with Gasteiger partial charge >= 0.3 is 0 Å². The molecule has 3 rings (SSSR count). The monoisotopic (exact) mass is 390 g/mol. The van der Waals surface area contributed by atoms with Crippen LogP contribution in [-0.4, -0.2) is 28.8 Å². The molecule has 2 aromatic rings. The number of nitrogens with one attached hydrogen (secondary N) is 2. The summed E-state index contributed by atoms with van der Waals surface area (Å²) < 4.78 is 1.95. The van der Waals surface area contributed by atoms with Gasteiger partial charge in [-0.1, -0.05) is 25.1 Å². The van der Waals surface area contributed by atoms with Crippen LogP contribution in [0, 0.1) is 25.7 Å². The molecule has 0 saturated carbocycles. The predicted molar refractivity (Wildman–Crippen MR) is 112 cm³/mol. The van der Waals surface area contributed by atoms with Crippen LogP contribution < -0.4 is 10.6 Å². The van der Waals surface area contributed by atoms with E-state index in [4.69, 9.17) is 0 Å². The molecule has 2 heterocycles. The van der Waals surface area contributed by atoms with E-state index in [1.54, 1.807) is 0 Å². The maximum absolute atomic E-state index is 12.4. The molecular weight excluding hydrogens is 360 g/mol. The van der Waals surface area contributed by atoms with Crippen molar-refractivity contribution in [2.24, 2.45) is 11.8 Å². The van der Waals surface area contributed by atoms with Crippen LogP contribution in [0.25, 0.3) is 5.69 Å². The van der Waals surface area contributed by atoms with Crippen LogP contribution in [0.15, 0.2) is 30.3 Å². The first-order valence-corrected chi connectivity index (χ1v) is 9.63. The van der Waals surface area contributed by atoms with Crippen molar-refractivity contribution in [3.8, 4) is 5.69 Å². The number of halogens is 1. The minimum Gasteiger partial charge on any atom is -0.352 e. The Morgan fingerprint density at radius 2 is 2.00 bits per heavy atom. The van der Waals surface area contributed by atoms with Crippen LogP contribution in [-0.2, 0) is 11.3 Å². The first kappa shape index (κ1) is 21.5. The first-order chi connectivity index (χ1) is 12.5. The lowest BCUT2D eigenvalue weighted by Crippen LogP contribution is -2.33. The second-order valence-electron chi connectivity index (χ2n) is 7.51. The van der Waals surface area contributed by atoms with Crippen molar-refractivity contribution in [2.75, 3.05) is 13.1 Å². The zero-order chi connectivity index (χ0) is 18.5. The van der Waals surface area contributed by atoms with Gasteiger partial charge in [0.25, 0.3) is 0 Å². The number of para-hydroxylation sites is 1. The van der Waals surface area contributed by atoms with E-state index in [1.807, 2.05) is 23.7 Å². The van der Waals surface area contributed by atoms with E-state index < -0.39 is 0 Å². The maximum atomic E-state index is 12.4.